The SMILES string of the molecule is COCCCS(=O)(=O)N1C(C)CCCC1CN. The van der Waals surface area contributed by atoms with Gasteiger partial charge in [0.15, 0.2) is 0 Å². The van der Waals surface area contributed by atoms with Crippen molar-refractivity contribution in [3.8, 4) is 0 Å². The maximum atomic E-state index is 12.3. The zero-order valence-corrected chi connectivity index (χ0v) is 11.6. The van der Waals surface area contributed by atoms with E-state index >= 15 is 0 Å². The summed E-state index contributed by atoms with van der Waals surface area (Å²) in [6, 6.07) is 0.0520. The Morgan fingerprint density at radius 3 is 2.71 bits per heavy atom. The molecular formula is C11H24N2O3S. The molecule has 0 aliphatic carbocycles. The lowest BCUT2D eigenvalue weighted by Crippen LogP contribution is -2.52. The molecule has 0 aromatic rings. The summed E-state index contributed by atoms with van der Waals surface area (Å²) in [4.78, 5) is 0. The molecule has 102 valence electrons. The standard InChI is InChI=1S/C11H24N2O3S/c1-10-5-3-6-11(9-12)13(10)17(14,15)8-4-7-16-2/h10-11H,3-9,12H2,1-2H3. The second-order valence-electron chi connectivity index (χ2n) is 4.66. The second kappa shape index (κ2) is 6.68. The average Bonchev–Trinajstić information content (AvgIpc) is 2.28. The molecule has 1 heterocycles. The molecular weight excluding hydrogens is 240 g/mol. The Bertz CT molecular complexity index is 319. The van der Waals surface area contributed by atoms with Gasteiger partial charge in [-0.2, -0.15) is 4.31 Å². The minimum Gasteiger partial charge on any atom is -0.385 e. The van der Waals surface area contributed by atoms with Crippen LogP contribution in [0, 0.1) is 0 Å². The predicted molar refractivity (Wildman–Crippen MR) is 68.3 cm³/mol. The lowest BCUT2D eigenvalue weighted by Gasteiger charge is -2.39. The summed E-state index contributed by atoms with van der Waals surface area (Å²) in [7, 11) is -1.61. The highest BCUT2D eigenvalue weighted by Crippen LogP contribution is 2.25. The number of ether oxygens (including phenoxy) is 1. The molecule has 0 bridgehead atoms. The summed E-state index contributed by atoms with van der Waals surface area (Å²) in [6.07, 6.45) is 3.41. The van der Waals surface area contributed by atoms with Crippen molar-refractivity contribution in [1.82, 2.24) is 4.31 Å². The van der Waals surface area contributed by atoms with Gasteiger partial charge in [0.2, 0.25) is 10.0 Å². The monoisotopic (exact) mass is 264 g/mol. The molecule has 0 spiro atoms. The topological polar surface area (TPSA) is 72.6 Å². The first-order valence-corrected chi connectivity index (χ1v) is 7.84. The number of hydrogen-bond donors (Lipinski definition) is 1. The first kappa shape index (κ1) is 14.9. The van der Waals surface area contributed by atoms with E-state index in [2.05, 4.69) is 0 Å². The number of hydrogen-bond acceptors (Lipinski definition) is 4. The van der Waals surface area contributed by atoms with Crippen LogP contribution in [0.2, 0.25) is 0 Å². The molecule has 1 saturated heterocycles. The normalized spacial score (nSPS) is 27.2. The zero-order valence-electron chi connectivity index (χ0n) is 10.8. The first-order chi connectivity index (χ1) is 8.03. The molecule has 0 aromatic carbocycles. The van der Waals surface area contributed by atoms with Gasteiger partial charge in [0.25, 0.3) is 0 Å². The average molecular weight is 264 g/mol. The molecule has 17 heavy (non-hydrogen) atoms. The molecule has 0 amide bonds. The Kier molecular flexibility index (Phi) is 5.85. The molecule has 2 atom stereocenters. The van der Waals surface area contributed by atoms with E-state index in [4.69, 9.17) is 10.5 Å². The summed E-state index contributed by atoms with van der Waals surface area (Å²) in [6.45, 7) is 2.86. The van der Waals surface area contributed by atoms with Gasteiger partial charge in [-0.15, -0.1) is 0 Å². The van der Waals surface area contributed by atoms with Crippen LogP contribution in [0.25, 0.3) is 0 Å². The Balaban J connectivity index is 2.71. The summed E-state index contributed by atoms with van der Waals surface area (Å²) < 4.78 is 31.0. The highest BCUT2D eigenvalue weighted by Gasteiger charge is 2.35. The minimum absolute atomic E-state index is 0.0219. The summed E-state index contributed by atoms with van der Waals surface area (Å²) in [5, 5.41) is 0. The molecule has 1 aliphatic rings. The fourth-order valence-corrected chi connectivity index (χ4v) is 4.47. The van der Waals surface area contributed by atoms with Gasteiger partial charge < -0.3 is 10.5 Å². The van der Waals surface area contributed by atoms with Crippen LogP contribution >= 0.6 is 0 Å². The van der Waals surface area contributed by atoms with Gasteiger partial charge in [-0.25, -0.2) is 8.42 Å². The van der Waals surface area contributed by atoms with E-state index in [0.29, 0.717) is 19.6 Å². The molecule has 1 fully saturated rings. The van der Waals surface area contributed by atoms with Crippen molar-refractivity contribution < 1.29 is 13.2 Å². The smallest absolute Gasteiger partial charge is 0.214 e. The van der Waals surface area contributed by atoms with Gasteiger partial charge >= 0.3 is 0 Å². The van der Waals surface area contributed by atoms with Gasteiger partial charge in [-0.05, 0) is 26.2 Å². The molecule has 5 nitrogen and oxygen atoms in total. The highest BCUT2D eigenvalue weighted by molar-refractivity contribution is 7.89. The molecule has 1 aliphatic heterocycles. The van der Waals surface area contributed by atoms with Crippen molar-refractivity contribution in [2.75, 3.05) is 26.0 Å². The fourth-order valence-electron chi connectivity index (χ4n) is 2.48. The molecule has 0 saturated carbocycles. The van der Waals surface area contributed by atoms with Crippen LogP contribution in [0.4, 0.5) is 0 Å². The van der Waals surface area contributed by atoms with Crippen LogP contribution < -0.4 is 5.73 Å². The van der Waals surface area contributed by atoms with Crippen molar-refractivity contribution in [2.45, 2.75) is 44.7 Å². The third-order valence-corrected chi connectivity index (χ3v) is 5.40. The van der Waals surface area contributed by atoms with Gasteiger partial charge in [0.1, 0.15) is 0 Å². The second-order valence-corrected chi connectivity index (χ2v) is 6.66. The largest absolute Gasteiger partial charge is 0.385 e. The van der Waals surface area contributed by atoms with E-state index in [1.807, 2.05) is 6.92 Å². The van der Waals surface area contributed by atoms with Crippen LogP contribution in [0.5, 0.6) is 0 Å². The maximum Gasteiger partial charge on any atom is 0.214 e. The molecule has 6 heteroatoms. The van der Waals surface area contributed by atoms with Crippen molar-refractivity contribution in [3.05, 3.63) is 0 Å². The van der Waals surface area contributed by atoms with E-state index in [0.717, 1.165) is 19.3 Å². The van der Waals surface area contributed by atoms with Gasteiger partial charge in [0.05, 0.1) is 5.75 Å². The lowest BCUT2D eigenvalue weighted by molar-refractivity contribution is 0.188. The number of rotatable bonds is 6. The van der Waals surface area contributed by atoms with Crippen molar-refractivity contribution in [1.29, 1.82) is 0 Å². The molecule has 2 N–H and O–H groups in total. The number of methoxy groups -OCH3 is 1. The number of sulfonamides is 1. The third-order valence-electron chi connectivity index (χ3n) is 3.30. The van der Waals surface area contributed by atoms with E-state index in [-0.39, 0.29) is 17.8 Å². The lowest BCUT2D eigenvalue weighted by atomic mass is 10.00. The fraction of sp³-hybridized carbons (Fsp3) is 1.00. The molecule has 0 radical (unpaired) electrons. The minimum atomic E-state index is -3.19. The predicted octanol–water partition coefficient (Wildman–Crippen LogP) is 0.554. The van der Waals surface area contributed by atoms with Crippen LogP contribution in [0.3, 0.4) is 0 Å². The third kappa shape index (κ3) is 3.91. The molecule has 0 aromatic heterocycles. The van der Waals surface area contributed by atoms with Gasteiger partial charge in [-0.1, -0.05) is 6.42 Å². The number of nitrogens with zero attached hydrogens (tertiary/aromatic N) is 1. The van der Waals surface area contributed by atoms with E-state index in [1.54, 1.807) is 11.4 Å². The van der Waals surface area contributed by atoms with Crippen LogP contribution in [-0.2, 0) is 14.8 Å². The van der Waals surface area contributed by atoms with Crippen molar-refractivity contribution >= 4 is 10.0 Å². The Morgan fingerprint density at radius 1 is 1.41 bits per heavy atom. The van der Waals surface area contributed by atoms with Gasteiger partial charge in [-0.3, -0.25) is 0 Å². The Morgan fingerprint density at radius 2 is 2.12 bits per heavy atom. The summed E-state index contributed by atoms with van der Waals surface area (Å²) in [5.74, 6) is 0.154. The van der Waals surface area contributed by atoms with E-state index < -0.39 is 10.0 Å². The van der Waals surface area contributed by atoms with Crippen LogP contribution in [0.1, 0.15) is 32.6 Å². The highest BCUT2D eigenvalue weighted by atomic mass is 32.2. The number of piperidine rings is 1. The first-order valence-electron chi connectivity index (χ1n) is 6.23. The van der Waals surface area contributed by atoms with Crippen LogP contribution in [-0.4, -0.2) is 50.8 Å². The Labute approximate surface area is 104 Å². The summed E-state index contributed by atoms with van der Waals surface area (Å²) >= 11 is 0. The van der Waals surface area contributed by atoms with Crippen molar-refractivity contribution in [2.24, 2.45) is 5.73 Å². The maximum absolute atomic E-state index is 12.3. The van der Waals surface area contributed by atoms with Crippen molar-refractivity contribution in [3.63, 3.8) is 0 Å². The zero-order chi connectivity index (χ0) is 12.9. The quantitative estimate of drug-likeness (QED) is 0.711. The number of nitrogens with two attached hydrogens (primary N) is 1. The Hall–Kier alpha value is -0.170. The molecule has 1 rings (SSSR count). The van der Waals surface area contributed by atoms with Gasteiger partial charge in [0, 0.05) is 32.3 Å². The van der Waals surface area contributed by atoms with Crippen LogP contribution in [0.15, 0.2) is 0 Å². The van der Waals surface area contributed by atoms with E-state index in [1.165, 1.54) is 0 Å². The van der Waals surface area contributed by atoms with E-state index in [9.17, 15) is 8.42 Å². The molecule has 2 unspecified atom stereocenters. The summed E-state index contributed by atoms with van der Waals surface area (Å²) in [5.41, 5.74) is 5.68.